The van der Waals surface area contributed by atoms with Gasteiger partial charge in [0.25, 0.3) is 5.91 Å². The van der Waals surface area contributed by atoms with E-state index in [0.717, 1.165) is 54.5 Å². The molecule has 2 N–H and O–H groups in total. The smallest absolute Gasteiger partial charge is 0.272 e. The first-order valence-electron chi connectivity index (χ1n) is 13.2. The zero-order chi connectivity index (χ0) is 27.4. The quantitative estimate of drug-likeness (QED) is 0.216. The number of hydrogen-bond acceptors (Lipinski definition) is 3. The minimum atomic E-state index is -0.437. The molecule has 0 radical (unpaired) electrons. The van der Waals surface area contributed by atoms with Crippen LogP contribution in [0.3, 0.4) is 0 Å². The first kappa shape index (κ1) is 27.7. The number of halogens is 3. The number of carbonyl (C=O) groups excluding carboxylic acids is 1. The van der Waals surface area contributed by atoms with Crippen molar-refractivity contribution in [2.45, 2.75) is 50.5 Å². The molecule has 4 aromatic rings. The summed E-state index contributed by atoms with van der Waals surface area (Å²) in [4.78, 5) is 13.7. The van der Waals surface area contributed by atoms with Crippen LogP contribution in [0.15, 0.2) is 72.8 Å². The first-order valence-corrected chi connectivity index (χ1v) is 14.3. The number of benzene rings is 3. The van der Waals surface area contributed by atoms with Crippen LogP contribution in [0.1, 0.15) is 58.1 Å². The second-order valence-electron chi connectivity index (χ2n) is 10.0. The SMILES string of the molecule is O=C(N[C@@H](CO)Cc1ccccc1)c1nn(-c2ccc(Cl)cc2Cl)c2c1CCCCC2Cc1cccc(Cl)c1. The summed E-state index contributed by atoms with van der Waals surface area (Å²) >= 11 is 19.2. The van der Waals surface area contributed by atoms with E-state index in [1.807, 2.05) is 59.3 Å². The van der Waals surface area contributed by atoms with E-state index in [0.29, 0.717) is 32.9 Å². The van der Waals surface area contributed by atoms with E-state index in [1.54, 1.807) is 12.1 Å². The van der Waals surface area contributed by atoms with Crippen molar-refractivity contribution in [3.63, 3.8) is 0 Å². The number of carbonyl (C=O) groups is 1. The Balaban J connectivity index is 1.55. The number of rotatable bonds is 8. The van der Waals surface area contributed by atoms with E-state index in [1.165, 1.54) is 0 Å². The summed E-state index contributed by atoms with van der Waals surface area (Å²) in [7, 11) is 0. The Morgan fingerprint density at radius 1 is 0.974 bits per heavy atom. The van der Waals surface area contributed by atoms with Gasteiger partial charge in [0.2, 0.25) is 0 Å². The van der Waals surface area contributed by atoms with Crippen LogP contribution < -0.4 is 5.32 Å². The third-order valence-corrected chi connectivity index (χ3v) is 8.02. The maximum absolute atomic E-state index is 13.7. The number of aliphatic hydroxyl groups excluding tert-OH is 1. The molecule has 5 nitrogen and oxygen atoms in total. The monoisotopic (exact) mass is 581 g/mol. The summed E-state index contributed by atoms with van der Waals surface area (Å²) in [6.07, 6.45) is 4.95. The van der Waals surface area contributed by atoms with Gasteiger partial charge in [-0.2, -0.15) is 5.10 Å². The van der Waals surface area contributed by atoms with Crippen LogP contribution in [-0.2, 0) is 19.3 Å². The Labute approximate surface area is 243 Å². The van der Waals surface area contributed by atoms with Crippen molar-refractivity contribution in [2.75, 3.05) is 6.61 Å². The summed E-state index contributed by atoms with van der Waals surface area (Å²) in [6.45, 7) is -0.177. The lowest BCUT2D eigenvalue weighted by atomic mass is 9.91. The van der Waals surface area contributed by atoms with Gasteiger partial charge in [-0.15, -0.1) is 0 Å². The molecule has 1 heterocycles. The van der Waals surface area contributed by atoms with Crippen LogP contribution in [0.25, 0.3) is 5.69 Å². The Morgan fingerprint density at radius 2 is 1.74 bits per heavy atom. The number of aliphatic hydroxyl groups is 1. The lowest BCUT2D eigenvalue weighted by Gasteiger charge is -2.19. The first-order chi connectivity index (χ1) is 18.9. The lowest BCUT2D eigenvalue weighted by molar-refractivity contribution is 0.0910. The van der Waals surface area contributed by atoms with E-state index in [2.05, 4.69) is 11.4 Å². The predicted molar refractivity (Wildman–Crippen MR) is 158 cm³/mol. The van der Waals surface area contributed by atoms with Gasteiger partial charge in [-0.1, -0.05) is 83.7 Å². The van der Waals surface area contributed by atoms with Crippen LogP contribution in [0.2, 0.25) is 15.1 Å². The lowest BCUT2D eigenvalue weighted by Crippen LogP contribution is -2.39. The van der Waals surface area contributed by atoms with Crippen molar-refractivity contribution in [2.24, 2.45) is 0 Å². The molecule has 202 valence electrons. The van der Waals surface area contributed by atoms with Crippen molar-refractivity contribution >= 4 is 40.7 Å². The number of nitrogens with one attached hydrogen (secondary N) is 1. The Bertz CT molecular complexity index is 1450. The van der Waals surface area contributed by atoms with Gasteiger partial charge in [0.15, 0.2) is 5.69 Å². The van der Waals surface area contributed by atoms with Crippen LogP contribution in [-0.4, -0.2) is 33.4 Å². The summed E-state index contributed by atoms with van der Waals surface area (Å²) in [6, 6.07) is 22.6. The highest BCUT2D eigenvalue weighted by Gasteiger charge is 2.31. The molecular formula is C31H30Cl3N3O2. The molecule has 0 spiro atoms. The van der Waals surface area contributed by atoms with Gasteiger partial charge < -0.3 is 10.4 Å². The summed E-state index contributed by atoms with van der Waals surface area (Å²) in [5, 5.41) is 19.6. The fourth-order valence-corrected chi connectivity index (χ4v) is 6.14. The molecule has 0 fully saturated rings. The van der Waals surface area contributed by atoms with Gasteiger partial charge in [0, 0.05) is 21.5 Å². The van der Waals surface area contributed by atoms with Crippen molar-refractivity contribution in [1.82, 2.24) is 15.1 Å². The Kier molecular flexibility index (Phi) is 8.93. The zero-order valence-electron chi connectivity index (χ0n) is 21.4. The van der Waals surface area contributed by atoms with E-state index in [-0.39, 0.29) is 18.4 Å². The molecular weight excluding hydrogens is 553 g/mol. The molecule has 1 aliphatic carbocycles. The van der Waals surface area contributed by atoms with Crippen molar-refractivity contribution in [3.8, 4) is 5.69 Å². The molecule has 5 rings (SSSR count). The minimum absolute atomic E-state index is 0.111. The van der Waals surface area contributed by atoms with Crippen molar-refractivity contribution in [1.29, 1.82) is 0 Å². The maximum atomic E-state index is 13.7. The van der Waals surface area contributed by atoms with Gasteiger partial charge in [0.1, 0.15) is 0 Å². The molecule has 1 aromatic heterocycles. The van der Waals surface area contributed by atoms with E-state index >= 15 is 0 Å². The largest absolute Gasteiger partial charge is 0.394 e. The molecule has 0 aliphatic heterocycles. The van der Waals surface area contributed by atoms with Gasteiger partial charge in [-0.05, 0) is 73.6 Å². The molecule has 0 bridgehead atoms. The van der Waals surface area contributed by atoms with E-state index in [9.17, 15) is 9.90 Å². The molecule has 2 atom stereocenters. The van der Waals surface area contributed by atoms with Gasteiger partial charge in [0.05, 0.1) is 29.1 Å². The number of hydrogen-bond donors (Lipinski definition) is 2. The van der Waals surface area contributed by atoms with Crippen LogP contribution in [0, 0.1) is 0 Å². The second kappa shape index (κ2) is 12.6. The number of nitrogens with zero attached hydrogens (tertiary/aromatic N) is 2. The maximum Gasteiger partial charge on any atom is 0.272 e. The minimum Gasteiger partial charge on any atom is -0.394 e. The number of amides is 1. The fourth-order valence-electron chi connectivity index (χ4n) is 5.44. The summed E-state index contributed by atoms with van der Waals surface area (Å²) in [5.41, 5.74) is 5.14. The van der Waals surface area contributed by atoms with Crippen LogP contribution in [0.4, 0.5) is 0 Å². The predicted octanol–water partition coefficient (Wildman–Crippen LogP) is 7.22. The van der Waals surface area contributed by atoms with E-state index in [4.69, 9.17) is 39.9 Å². The highest BCUT2D eigenvalue weighted by molar-refractivity contribution is 6.35. The topological polar surface area (TPSA) is 67.2 Å². The number of fused-ring (bicyclic) bond motifs is 1. The van der Waals surface area contributed by atoms with Crippen LogP contribution >= 0.6 is 34.8 Å². The van der Waals surface area contributed by atoms with E-state index < -0.39 is 6.04 Å². The Hall–Kier alpha value is -2.83. The third kappa shape index (κ3) is 6.50. The summed E-state index contributed by atoms with van der Waals surface area (Å²) < 4.78 is 1.83. The third-order valence-electron chi connectivity index (χ3n) is 7.24. The average Bonchev–Trinajstić information content (AvgIpc) is 3.17. The average molecular weight is 583 g/mol. The van der Waals surface area contributed by atoms with Gasteiger partial charge >= 0.3 is 0 Å². The number of aromatic nitrogens is 2. The summed E-state index contributed by atoms with van der Waals surface area (Å²) in [5.74, 6) is -0.187. The highest BCUT2D eigenvalue weighted by atomic mass is 35.5. The fraction of sp³-hybridized carbons (Fsp3) is 0.290. The van der Waals surface area contributed by atoms with Gasteiger partial charge in [-0.25, -0.2) is 4.68 Å². The van der Waals surface area contributed by atoms with Crippen molar-refractivity contribution in [3.05, 3.63) is 116 Å². The molecule has 1 aliphatic rings. The van der Waals surface area contributed by atoms with Crippen LogP contribution in [0.5, 0.6) is 0 Å². The zero-order valence-corrected chi connectivity index (χ0v) is 23.7. The normalized spacial score (nSPS) is 15.8. The molecule has 3 aromatic carbocycles. The van der Waals surface area contributed by atoms with Gasteiger partial charge in [-0.3, -0.25) is 4.79 Å². The molecule has 1 unspecified atom stereocenters. The molecule has 0 saturated carbocycles. The molecule has 1 amide bonds. The highest BCUT2D eigenvalue weighted by Crippen LogP contribution is 2.38. The second-order valence-corrected chi connectivity index (χ2v) is 11.3. The molecule has 39 heavy (non-hydrogen) atoms. The molecule has 8 heteroatoms. The van der Waals surface area contributed by atoms with Crippen molar-refractivity contribution < 1.29 is 9.90 Å². The standard InChI is InChI=1S/C31H30Cl3N3O2/c32-23-11-6-9-21(16-23)15-22-10-4-5-12-26-29(31(39)35-25(19-38)17-20-7-2-1-3-8-20)36-37(30(22)26)28-14-13-24(33)18-27(28)34/h1-3,6-9,11,13-14,16,18,22,25,38H,4-5,10,12,15,17,19H2,(H,35,39)/t22?,25-/m1/s1. The Morgan fingerprint density at radius 3 is 2.49 bits per heavy atom. The molecule has 0 saturated heterocycles.